The first-order valence-electron chi connectivity index (χ1n) is 9.47. The number of ketones is 1. The molecule has 2 aromatic rings. The van der Waals surface area contributed by atoms with Gasteiger partial charge in [-0.15, -0.1) is 0 Å². The lowest BCUT2D eigenvalue weighted by atomic mass is 9.90. The van der Waals surface area contributed by atoms with Crippen LogP contribution in [0.1, 0.15) is 40.4 Å². The number of fused-ring (bicyclic) bond motifs is 3. The van der Waals surface area contributed by atoms with Crippen molar-refractivity contribution < 1.29 is 14.4 Å². The summed E-state index contributed by atoms with van der Waals surface area (Å²) in [5.41, 5.74) is 2.78. The zero-order chi connectivity index (χ0) is 19.7. The molecule has 28 heavy (non-hydrogen) atoms. The summed E-state index contributed by atoms with van der Waals surface area (Å²) in [6, 6.07) is 14.8. The van der Waals surface area contributed by atoms with E-state index in [9.17, 15) is 14.4 Å². The SMILES string of the molecule is O=C(CCC(=O)N1CC(=O)N2CCc3ccccc3C2C1)c1ccccc1Cl. The van der Waals surface area contributed by atoms with Crippen LogP contribution in [-0.4, -0.2) is 47.0 Å². The number of Topliss-reactive ketones (excluding diaryl/α,β-unsaturated/α-hetero) is 1. The molecule has 1 saturated heterocycles. The number of benzene rings is 2. The fraction of sp³-hybridized carbons (Fsp3) is 0.318. The van der Waals surface area contributed by atoms with Gasteiger partial charge in [0.2, 0.25) is 11.8 Å². The fourth-order valence-corrected chi connectivity index (χ4v) is 4.31. The van der Waals surface area contributed by atoms with Gasteiger partial charge in [0.15, 0.2) is 5.78 Å². The molecular weight excluding hydrogens is 376 g/mol. The molecule has 0 aromatic heterocycles. The number of piperazine rings is 1. The van der Waals surface area contributed by atoms with Crippen molar-refractivity contribution in [2.45, 2.75) is 25.3 Å². The number of carbonyl (C=O) groups excluding carboxylic acids is 3. The van der Waals surface area contributed by atoms with E-state index in [4.69, 9.17) is 11.6 Å². The van der Waals surface area contributed by atoms with Crippen LogP contribution in [0.25, 0.3) is 0 Å². The molecule has 2 aliphatic heterocycles. The molecule has 0 N–H and O–H groups in total. The van der Waals surface area contributed by atoms with Crippen molar-refractivity contribution in [3.05, 3.63) is 70.2 Å². The molecule has 6 heteroatoms. The highest BCUT2D eigenvalue weighted by atomic mass is 35.5. The minimum absolute atomic E-state index is 0.0310. The van der Waals surface area contributed by atoms with Gasteiger partial charge in [-0.25, -0.2) is 0 Å². The minimum Gasteiger partial charge on any atom is -0.332 e. The van der Waals surface area contributed by atoms with Gasteiger partial charge in [-0.3, -0.25) is 14.4 Å². The molecule has 0 bridgehead atoms. The van der Waals surface area contributed by atoms with Crippen LogP contribution in [0.3, 0.4) is 0 Å². The zero-order valence-electron chi connectivity index (χ0n) is 15.4. The first-order chi connectivity index (χ1) is 13.5. The van der Waals surface area contributed by atoms with Crippen molar-refractivity contribution in [3.8, 4) is 0 Å². The summed E-state index contributed by atoms with van der Waals surface area (Å²) in [6.07, 6.45) is 1.00. The summed E-state index contributed by atoms with van der Waals surface area (Å²) in [6.45, 7) is 1.24. The summed E-state index contributed by atoms with van der Waals surface area (Å²) >= 11 is 6.06. The van der Waals surface area contributed by atoms with Gasteiger partial charge in [-0.2, -0.15) is 0 Å². The summed E-state index contributed by atoms with van der Waals surface area (Å²) in [7, 11) is 0. The smallest absolute Gasteiger partial charge is 0.242 e. The van der Waals surface area contributed by atoms with Crippen LogP contribution in [0.2, 0.25) is 5.02 Å². The Labute approximate surface area is 168 Å². The first kappa shape index (κ1) is 18.7. The maximum atomic E-state index is 12.7. The van der Waals surface area contributed by atoms with E-state index in [1.807, 2.05) is 23.1 Å². The lowest BCUT2D eigenvalue weighted by Crippen LogP contribution is -2.55. The van der Waals surface area contributed by atoms with E-state index in [1.165, 1.54) is 5.56 Å². The monoisotopic (exact) mass is 396 g/mol. The molecule has 2 aromatic carbocycles. The van der Waals surface area contributed by atoms with Gasteiger partial charge < -0.3 is 9.80 Å². The van der Waals surface area contributed by atoms with Crippen molar-refractivity contribution in [2.24, 2.45) is 0 Å². The van der Waals surface area contributed by atoms with E-state index < -0.39 is 0 Å². The second kappa shape index (κ2) is 7.76. The van der Waals surface area contributed by atoms with Crippen molar-refractivity contribution in [2.75, 3.05) is 19.6 Å². The summed E-state index contributed by atoms with van der Waals surface area (Å²) in [5.74, 6) is -0.361. The van der Waals surface area contributed by atoms with Crippen molar-refractivity contribution in [1.82, 2.24) is 9.80 Å². The molecule has 1 unspecified atom stereocenters. The Morgan fingerprint density at radius 1 is 1.04 bits per heavy atom. The molecule has 2 amide bonds. The van der Waals surface area contributed by atoms with Crippen LogP contribution in [0.5, 0.6) is 0 Å². The molecule has 0 aliphatic carbocycles. The standard InChI is InChI=1S/C22H21ClN2O3/c23-18-8-4-3-7-17(18)20(26)9-10-21(27)24-13-19-16-6-2-1-5-15(16)11-12-25(19)22(28)14-24/h1-8,19H,9-14H2. The summed E-state index contributed by atoms with van der Waals surface area (Å²) < 4.78 is 0. The highest BCUT2D eigenvalue weighted by Gasteiger charge is 2.38. The summed E-state index contributed by atoms with van der Waals surface area (Å²) in [4.78, 5) is 41.2. The van der Waals surface area contributed by atoms with E-state index in [1.54, 1.807) is 29.2 Å². The van der Waals surface area contributed by atoms with Crippen LogP contribution >= 0.6 is 11.6 Å². The van der Waals surface area contributed by atoms with Crippen molar-refractivity contribution >= 4 is 29.2 Å². The number of hydrogen-bond acceptors (Lipinski definition) is 3. The third-order valence-electron chi connectivity index (χ3n) is 5.55. The number of rotatable bonds is 4. The number of hydrogen-bond donors (Lipinski definition) is 0. The molecule has 0 saturated carbocycles. The normalized spacial score (nSPS) is 18.5. The second-order valence-corrected chi connectivity index (χ2v) is 7.64. The topological polar surface area (TPSA) is 57.7 Å². The molecular formula is C22H21ClN2O3. The summed E-state index contributed by atoms with van der Waals surface area (Å²) in [5, 5.41) is 0.391. The van der Waals surface area contributed by atoms with Gasteiger partial charge in [0.25, 0.3) is 0 Å². The van der Waals surface area contributed by atoms with Crippen molar-refractivity contribution in [3.63, 3.8) is 0 Å². The first-order valence-corrected chi connectivity index (χ1v) is 9.85. The zero-order valence-corrected chi connectivity index (χ0v) is 16.2. The maximum absolute atomic E-state index is 12.7. The number of halogens is 1. The Morgan fingerprint density at radius 2 is 1.79 bits per heavy atom. The number of amides is 2. The third-order valence-corrected chi connectivity index (χ3v) is 5.87. The largest absolute Gasteiger partial charge is 0.332 e. The van der Waals surface area contributed by atoms with Gasteiger partial charge in [0, 0.05) is 31.5 Å². The van der Waals surface area contributed by atoms with Gasteiger partial charge in [0.1, 0.15) is 0 Å². The van der Waals surface area contributed by atoms with Gasteiger partial charge in [-0.05, 0) is 29.7 Å². The lowest BCUT2D eigenvalue weighted by molar-refractivity contribution is -0.149. The molecule has 5 nitrogen and oxygen atoms in total. The van der Waals surface area contributed by atoms with E-state index >= 15 is 0 Å². The molecule has 1 fully saturated rings. The molecule has 144 valence electrons. The number of carbonyl (C=O) groups is 3. The Morgan fingerprint density at radius 3 is 2.61 bits per heavy atom. The van der Waals surface area contributed by atoms with Crippen LogP contribution in [0.4, 0.5) is 0 Å². The fourth-order valence-electron chi connectivity index (χ4n) is 4.06. The Kier molecular flexibility index (Phi) is 5.18. The second-order valence-electron chi connectivity index (χ2n) is 7.23. The van der Waals surface area contributed by atoms with Crippen molar-refractivity contribution in [1.29, 1.82) is 0 Å². The van der Waals surface area contributed by atoms with E-state index in [0.29, 0.717) is 23.7 Å². The van der Waals surface area contributed by atoms with Crippen LogP contribution in [0.15, 0.2) is 48.5 Å². The average Bonchev–Trinajstić information content (AvgIpc) is 2.71. The lowest BCUT2D eigenvalue weighted by Gasteiger charge is -2.44. The predicted octanol–water partition coefficient (Wildman–Crippen LogP) is 3.27. The van der Waals surface area contributed by atoms with Gasteiger partial charge in [-0.1, -0.05) is 48.0 Å². The molecule has 0 spiro atoms. The number of nitrogens with zero attached hydrogens (tertiary/aromatic N) is 2. The minimum atomic E-state index is -0.170. The Hall–Kier alpha value is -2.66. The molecule has 1 atom stereocenters. The highest BCUT2D eigenvalue weighted by molar-refractivity contribution is 6.34. The highest BCUT2D eigenvalue weighted by Crippen LogP contribution is 2.33. The van der Waals surface area contributed by atoms with Crippen LogP contribution < -0.4 is 0 Å². The van der Waals surface area contributed by atoms with Gasteiger partial charge >= 0.3 is 0 Å². The Bertz CT molecular complexity index is 943. The van der Waals surface area contributed by atoms with Crippen LogP contribution in [0, 0.1) is 0 Å². The average molecular weight is 397 g/mol. The Balaban J connectivity index is 1.44. The molecule has 2 heterocycles. The van der Waals surface area contributed by atoms with E-state index in [0.717, 1.165) is 12.0 Å². The predicted molar refractivity (Wildman–Crippen MR) is 106 cm³/mol. The molecule has 0 radical (unpaired) electrons. The quantitative estimate of drug-likeness (QED) is 0.745. The van der Waals surface area contributed by atoms with E-state index in [2.05, 4.69) is 6.07 Å². The molecule has 2 aliphatic rings. The third kappa shape index (κ3) is 3.54. The van der Waals surface area contributed by atoms with Gasteiger partial charge in [0.05, 0.1) is 17.6 Å². The van der Waals surface area contributed by atoms with E-state index in [-0.39, 0.29) is 43.0 Å². The maximum Gasteiger partial charge on any atom is 0.242 e. The molecule has 4 rings (SSSR count). The van der Waals surface area contributed by atoms with Crippen LogP contribution in [-0.2, 0) is 16.0 Å².